The number of hydrogen-bond donors (Lipinski definition) is 0. The molecule has 1 rings (SSSR count). The van der Waals surface area contributed by atoms with E-state index in [-0.39, 0.29) is 6.54 Å². The molecule has 0 bridgehead atoms. The maximum absolute atomic E-state index is 7.00. The summed E-state index contributed by atoms with van der Waals surface area (Å²) in [5.41, 5.74) is 8.00. The number of nitrogens with one attached hydrogen (secondary N) is 1. The molecule has 0 aliphatic heterocycles. The number of hydrogen-bond acceptors (Lipinski definition) is 1. The fourth-order valence-electron chi connectivity index (χ4n) is 0.726. The molecule has 1 nitrogen and oxygen atoms in total. The van der Waals surface area contributed by atoms with Crippen molar-refractivity contribution in [3.8, 4) is 0 Å². The Morgan fingerprint density at radius 3 is 2.40 bits per heavy atom. The summed E-state index contributed by atoms with van der Waals surface area (Å²) in [6.45, 7) is 0.208. The minimum Gasteiger partial charge on any atom is -0.252 e. The van der Waals surface area contributed by atoms with Crippen molar-refractivity contribution < 1.29 is 0 Å². The van der Waals surface area contributed by atoms with Crippen LogP contribution in [0.25, 0.3) is 0 Å². The molecule has 0 atom stereocenters. The zero-order valence-electron chi connectivity index (χ0n) is 5.50. The van der Waals surface area contributed by atoms with Crippen LogP contribution in [0.1, 0.15) is 5.56 Å². The van der Waals surface area contributed by atoms with Crippen molar-refractivity contribution in [2.75, 3.05) is 6.54 Å². The van der Waals surface area contributed by atoms with Gasteiger partial charge in [-0.05, 0) is 5.56 Å². The molecule has 10 heavy (non-hydrogen) atoms. The Bertz CT molecular complexity index is 218. The van der Waals surface area contributed by atoms with Crippen LogP contribution in [0.5, 0.6) is 0 Å². The molecule has 1 aromatic carbocycles. The number of benzene rings is 1. The molecule has 0 aliphatic rings. The molecule has 0 heterocycles. The topological polar surface area (TPSA) is 23.8 Å². The number of thiocarbonyl (C=S) groups is 1. The lowest BCUT2D eigenvalue weighted by atomic mass is 10.1. The second-order valence-electron chi connectivity index (χ2n) is 1.97. The highest BCUT2D eigenvalue weighted by molar-refractivity contribution is 7.80. The fourth-order valence-corrected chi connectivity index (χ4v) is 0.862. The van der Waals surface area contributed by atoms with Crippen molar-refractivity contribution in [3.63, 3.8) is 0 Å². The van der Waals surface area contributed by atoms with Gasteiger partial charge in [-0.1, -0.05) is 42.5 Å². The van der Waals surface area contributed by atoms with Crippen LogP contribution in [0.4, 0.5) is 0 Å². The zero-order valence-corrected chi connectivity index (χ0v) is 6.32. The van der Waals surface area contributed by atoms with Crippen LogP contribution in [0.3, 0.4) is 0 Å². The molecule has 0 saturated carbocycles. The summed E-state index contributed by atoms with van der Waals surface area (Å²) in [7, 11) is 0. The first-order chi connectivity index (χ1) is 4.84. The van der Waals surface area contributed by atoms with E-state index in [1.165, 1.54) is 0 Å². The number of rotatable bonds is 2. The summed E-state index contributed by atoms with van der Waals surface area (Å²) in [6.07, 6.45) is 0. The Labute approximate surface area is 65.9 Å². The van der Waals surface area contributed by atoms with Gasteiger partial charge in [0.2, 0.25) is 0 Å². The lowest BCUT2D eigenvalue weighted by molar-refractivity contribution is 1.27. The van der Waals surface area contributed by atoms with E-state index in [2.05, 4.69) is 0 Å². The van der Waals surface area contributed by atoms with Crippen LogP contribution in [0, 0.1) is 0 Å². The first-order valence-electron chi connectivity index (χ1n) is 3.07. The largest absolute Gasteiger partial charge is 0.252 e. The summed E-state index contributed by atoms with van der Waals surface area (Å²) < 4.78 is 0. The molecule has 0 aliphatic carbocycles. The molecule has 0 unspecified atom stereocenters. The van der Waals surface area contributed by atoms with Crippen molar-refractivity contribution in [1.82, 2.24) is 5.73 Å². The summed E-state index contributed by atoms with van der Waals surface area (Å²) in [6, 6.07) is 9.65. The Balaban J connectivity index is 2.85. The summed E-state index contributed by atoms with van der Waals surface area (Å²) in [4.78, 5) is 0.709. The monoisotopic (exact) mass is 150 g/mol. The Morgan fingerprint density at radius 2 is 1.90 bits per heavy atom. The van der Waals surface area contributed by atoms with Crippen molar-refractivity contribution in [1.29, 1.82) is 0 Å². The highest BCUT2D eigenvalue weighted by Gasteiger charge is 1.94. The highest BCUT2D eigenvalue weighted by atomic mass is 32.1. The third-order valence-corrected chi connectivity index (χ3v) is 1.64. The van der Waals surface area contributed by atoms with Crippen LogP contribution >= 0.6 is 12.2 Å². The van der Waals surface area contributed by atoms with Gasteiger partial charge in [0, 0.05) is 11.4 Å². The van der Waals surface area contributed by atoms with Gasteiger partial charge in [0.25, 0.3) is 0 Å². The SMILES string of the molecule is [NH]CC(=S)c1ccccc1. The zero-order chi connectivity index (χ0) is 7.40. The molecule has 0 amide bonds. The van der Waals surface area contributed by atoms with Gasteiger partial charge in [-0.2, -0.15) is 0 Å². The van der Waals surface area contributed by atoms with Gasteiger partial charge in [0.1, 0.15) is 0 Å². The molecule has 0 aromatic heterocycles. The first-order valence-corrected chi connectivity index (χ1v) is 3.48. The van der Waals surface area contributed by atoms with Gasteiger partial charge >= 0.3 is 0 Å². The van der Waals surface area contributed by atoms with Gasteiger partial charge in [-0.25, -0.2) is 0 Å². The Hall–Kier alpha value is -0.730. The molecule has 0 saturated heterocycles. The van der Waals surface area contributed by atoms with Gasteiger partial charge in [-0.15, -0.1) is 0 Å². The molecule has 1 radical (unpaired) electrons. The predicted octanol–water partition coefficient (Wildman–Crippen LogP) is 1.69. The van der Waals surface area contributed by atoms with E-state index in [1.807, 2.05) is 30.3 Å². The molecule has 1 N–H and O–H groups in total. The lowest BCUT2D eigenvalue weighted by Gasteiger charge is -1.96. The van der Waals surface area contributed by atoms with Gasteiger partial charge in [-0.3, -0.25) is 5.73 Å². The predicted molar refractivity (Wildman–Crippen MR) is 46.1 cm³/mol. The van der Waals surface area contributed by atoms with E-state index >= 15 is 0 Å². The molecular formula is C8H8NS. The fraction of sp³-hybridized carbons (Fsp3) is 0.125. The second-order valence-corrected chi connectivity index (χ2v) is 2.46. The normalized spacial score (nSPS) is 9.30. The van der Waals surface area contributed by atoms with Crippen LogP contribution < -0.4 is 5.73 Å². The minimum absolute atomic E-state index is 0.208. The first kappa shape index (κ1) is 7.38. The van der Waals surface area contributed by atoms with Gasteiger partial charge in [0.15, 0.2) is 0 Å². The average molecular weight is 150 g/mol. The van der Waals surface area contributed by atoms with Crippen molar-refractivity contribution >= 4 is 17.1 Å². The summed E-state index contributed by atoms with van der Waals surface area (Å²) in [5, 5.41) is 0. The molecule has 0 spiro atoms. The van der Waals surface area contributed by atoms with Crippen molar-refractivity contribution in [2.24, 2.45) is 0 Å². The van der Waals surface area contributed by atoms with Crippen molar-refractivity contribution in [2.45, 2.75) is 0 Å². The average Bonchev–Trinajstić information content (AvgIpc) is 2.05. The second kappa shape index (κ2) is 3.44. The Kier molecular flexibility index (Phi) is 2.54. The quantitative estimate of drug-likeness (QED) is 0.465. The van der Waals surface area contributed by atoms with E-state index in [0.29, 0.717) is 4.86 Å². The maximum atomic E-state index is 7.00. The van der Waals surface area contributed by atoms with E-state index in [4.69, 9.17) is 18.0 Å². The van der Waals surface area contributed by atoms with Gasteiger partial charge in [0.05, 0.1) is 0 Å². The lowest BCUT2D eigenvalue weighted by Crippen LogP contribution is -2.03. The van der Waals surface area contributed by atoms with Crippen LogP contribution in [0.15, 0.2) is 30.3 Å². The maximum Gasteiger partial charge on any atom is 0.0459 e. The molecule has 2 heteroatoms. The third kappa shape index (κ3) is 1.62. The van der Waals surface area contributed by atoms with E-state index in [9.17, 15) is 0 Å². The molecular weight excluding hydrogens is 142 g/mol. The Morgan fingerprint density at radius 1 is 1.30 bits per heavy atom. The summed E-state index contributed by atoms with van der Waals surface area (Å²) in [5.74, 6) is 0. The van der Waals surface area contributed by atoms with Crippen LogP contribution in [0.2, 0.25) is 0 Å². The molecule has 0 fully saturated rings. The molecule has 51 valence electrons. The summed E-state index contributed by atoms with van der Waals surface area (Å²) >= 11 is 4.93. The van der Waals surface area contributed by atoms with Gasteiger partial charge < -0.3 is 0 Å². The van der Waals surface area contributed by atoms with E-state index < -0.39 is 0 Å². The molecule has 1 aromatic rings. The van der Waals surface area contributed by atoms with Crippen molar-refractivity contribution in [3.05, 3.63) is 35.9 Å². The van der Waals surface area contributed by atoms with Crippen LogP contribution in [-0.4, -0.2) is 11.4 Å². The minimum atomic E-state index is 0.208. The third-order valence-electron chi connectivity index (χ3n) is 1.26. The van der Waals surface area contributed by atoms with Crippen LogP contribution in [-0.2, 0) is 0 Å². The smallest absolute Gasteiger partial charge is 0.0459 e. The standard InChI is InChI=1S/C8H8NS/c9-6-8(10)7-4-2-1-3-5-7/h1-5,9H,6H2. The van der Waals surface area contributed by atoms with E-state index in [1.54, 1.807) is 0 Å². The highest BCUT2D eigenvalue weighted by Crippen LogP contribution is 1.99. The van der Waals surface area contributed by atoms with E-state index in [0.717, 1.165) is 5.56 Å².